The molecule has 0 aromatic rings. The minimum atomic E-state index is -0.530. The van der Waals surface area contributed by atoms with E-state index in [1.54, 1.807) is 0 Å². The van der Waals surface area contributed by atoms with E-state index in [4.69, 9.17) is 0 Å². The van der Waals surface area contributed by atoms with E-state index in [9.17, 15) is 5.11 Å². The summed E-state index contributed by atoms with van der Waals surface area (Å²) in [4.78, 5) is 0. The zero-order valence-corrected chi connectivity index (χ0v) is 13.8. The molecule has 0 aliphatic heterocycles. The molecule has 0 atom stereocenters. The van der Waals surface area contributed by atoms with Crippen molar-refractivity contribution in [3.8, 4) is 0 Å². The Hall–Kier alpha value is -0.0800. The second kappa shape index (κ2) is 11.6. The van der Waals surface area contributed by atoms with E-state index in [0.29, 0.717) is 0 Å². The summed E-state index contributed by atoms with van der Waals surface area (Å²) in [6, 6.07) is 0. The van der Waals surface area contributed by atoms with E-state index in [2.05, 4.69) is 12.2 Å². The molecule has 1 aliphatic rings. The second-order valence-electron chi connectivity index (χ2n) is 6.70. The summed E-state index contributed by atoms with van der Waals surface area (Å²) in [7, 11) is 0. The first-order chi connectivity index (χ1) is 9.77. The van der Waals surface area contributed by atoms with Crippen LogP contribution in [0.25, 0.3) is 0 Å². The first-order valence-corrected chi connectivity index (χ1v) is 9.24. The minimum Gasteiger partial charge on any atom is -0.376 e. The second-order valence-corrected chi connectivity index (χ2v) is 6.70. The van der Waals surface area contributed by atoms with Crippen molar-refractivity contribution in [1.82, 2.24) is 5.32 Å². The SMILES string of the molecule is CCCCCCCCCCCCNC1(O)CCCCC1. The molecule has 0 bridgehead atoms. The van der Waals surface area contributed by atoms with E-state index < -0.39 is 5.72 Å². The lowest BCUT2D eigenvalue weighted by Gasteiger charge is -2.33. The zero-order chi connectivity index (χ0) is 14.5. The van der Waals surface area contributed by atoms with Gasteiger partial charge in [0, 0.05) is 0 Å². The van der Waals surface area contributed by atoms with Gasteiger partial charge >= 0.3 is 0 Å². The lowest BCUT2D eigenvalue weighted by Crippen LogP contribution is -2.46. The average Bonchev–Trinajstić information content (AvgIpc) is 2.45. The van der Waals surface area contributed by atoms with Gasteiger partial charge in [-0.15, -0.1) is 0 Å². The Morgan fingerprint density at radius 3 is 1.80 bits per heavy atom. The fourth-order valence-electron chi connectivity index (χ4n) is 3.25. The van der Waals surface area contributed by atoms with Crippen molar-refractivity contribution in [2.75, 3.05) is 6.54 Å². The van der Waals surface area contributed by atoms with Gasteiger partial charge in [0.1, 0.15) is 5.72 Å². The number of hydrogen-bond acceptors (Lipinski definition) is 2. The molecule has 0 unspecified atom stereocenters. The fourth-order valence-corrected chi connectivity index (χ4v) is 3.25. The monoisotopic (exact) mass is 283 g/mol. The largest absolute Gasteiger partial charge is 0.376 e. The van der Waals surface area contributed by atoms with Crippen molar-refractivity contribution >= 4 is 0 Å². The summed E-state index contributed by atoms with van der Waals surface area (Å²) in [6.07, 6.45) is 19.3. The van der Waals surface area contributed by atoms with Crippen LogP contribution in [0, 0.1) is 0 Å². The summed E-state index contributed by atoms with van der Waals surface area (Å²) in [5.74, 6) is 0. The molecular weight excluding hydrogens is 246 g/mol. The summed E-state index contributed by atoms with van der Waals surface area (Å²) < 4.78 is 0. The molecule has 1 aliphatic carbocycles. The first-order valence-electron chi connectivity index (χ1n) is 9.24. The van der Waals surface area contributed by atoms with Crippen LogP contribution in [0.5, 0.6) is 0 Å². The summed E-state index contributed by atoms with van der Waals surface area (Å²) >= 11 is 0. The van der Waals surface area contributed by atoms with Gasteiger partial charge in [-0.2, -0.15) is 0 Å². The van der Waals surface area contributed by atoms with Crippen LogP contribution in [-0.2, 0) is 0 Å². The third-order valence-electron chi connectivity index (χ3n) is 4.67. The number of nitrogens with one attached hydrogen (secondary N) is 1. The zero-order valence-electron chi connectivity index (χ0n) is 13.8. The maximum Gasteiger partial charge on any atom is 0.116 e. The molecule has 0 aromatic carbocycles. The lowest BCUT2D eigenvalue weighted by atomic mass is 9.91. The molecule has 2 nitrogen and oxygen atoms in total. The highest BCUT2D eigenvalue weighted by molar-refractivity contribution is 4.79. The molecule has 1 rings (SSSR count). The van der Waals surface area contributed by atoms with Crippen LogP contribution in [0.3, 0.4) is 0 Å². The Bertz CT molecular complexity index is 211. The Morgan fingerprint density at radius 1 is 0.750 bits per heavy atom. The summed E-state index contributed by atoms with van der Waals surface area (Å²) in [5.41, 5.74) is -0.530. The van der Waals surface area contributed by atoms with Crippen molar-refractivity contribution in [2.45, 2.75) is 109 Å². The van der Waals surface area contributed by atoms with Gasteiger partial charge in [0.2, 0.25) is 0 Å². The van der Waals surface area contributed by atoms with Crippen LogP contribution in [-0.4, -0.2) is 17.4 Å². The third-order valence-corrected chi connectivity index (χ3v) is 4.67. The van der Waals surface area contributed by atoms with Crippen molar-refractivity contribution in [3.63, 3.8) is 0 Å². The van der Waals surface area contributed by atoms with Crippen LogP contribution >= 0.6 is 0 Å². The summed E-state index contributed by atoms with van der Waals surface area (Å²) in [6.45, 7) is 3.27. The predicted molar refractivity (Wildman–Crippen MR) is 87.9 cm³/mol. The maximum atomic E-state index is 10.3. The van der Waals surface area contributed by atoms with Crippen molar-refractivity contribution in [3.05, 3.63) is 0 Å². The smallest absolute Gasteiger partial charge is 0.116 e. The highest BCUT2D eigenvalue weighted by atomic mass is 16.3. The van der Waals surface area contributed by atoms with Gasteiger partial charge in [0.25, 0.3) is 0 Å². The highest BCUT2D eigenvalue weighted by Gasteiger charge is 2.27. The van der Waals surface area contributed by atoms with E-state index >= 15 is 0 Å². The van der Waals surface area contributed by atoms with Crippen LogP contribution in [0.15, 0.2) is 0 Å². The molecule has 120 valence electrons. The van der Waals surface area contributed by atoms with E-state index in [1.807, 2.05) is 0 Å². The number of hydrogen-bond donors (Lipinski definition) is 2. The van der Waals surface area contributed by atoms with Crippen LogP contribution in [0.4, 0.5) is 0 Å². The standard InChI is InChI=1S/C18H37NO/c1-2-3-4-5-6-7-8-9-10-14-17-19-18(20)15-12-11-13-16-18/h19-20H,2-17H2,1H3. The van der Waals surface area contributed by atoms with Crippen LogP contribution in [0.2, 0.25) is 0 Å². The number of unbranched alkanes of at least 4 members (excludes halogenated alkanes) is 9. The average molecular weight is 284 g/mol. The minimum absolute atomic E-state index is 0.530. The van der Waals surface area contributed by atoms with Gasteiger partial charge < -0.3 is 5.11 Å². The van der Waals surface area contributed by atoms with Gasteiger partial charge in [0.15, 0.2) is 0 Å². The lowest BCUT2D eigenvalue weighted by molar-refractivity contribution is -0.0278. The molecule has 0 radical (unpaired) electrons. The van der Waals surface area contributed by atoms with Crippen molar-refractivity contribution in [1.29, 1.82) is 0 Å². The topological polar surface area (TPSA) is 32.3 Å². The highest BCUT2D eigenvalue weighted by Crippen LogP contribution is 2.25. The third kappa shape index (κ3) is 8.97. The normalized spacial score (nSPS) is 18.3. The molecule has 0 amide bonds. The predicted octanol–water partition coefficient (Wildman–Crippen LogP) is 5.15. The van der Waals surface area contributed by atoms with Gasteiger partial charge in [-0.05, 0) is 38.6 Å². The molecule has 2 heteroatoms. The quantitative estimate of drug-likeness (QED) is 0.383. The maximum absolute atomic E-state index is 10.3. The van der Waals surface area contributed by atoms with Gasteiger partial charge in [0.05, 0.1) is 0 Å². The molecule has 0 spiro atoms. The van der Waals surface area contributed by atoms with Gasteiger partial charge in [-0.1, -0.05) is 71.1 Å². The van der Waals surface area contributed by atoms with Crippen LogP contribution in [0.1, 0.15) is 103 Å². The molecular formula is C18H37NO. The molecule has 1 saturated carbocycles. The van der Waals surface area contributed by atoms with E-state index in [1.165, 1.54) is 83.5 Å². The Labute approximate surface area is 126 Å². The summed E-state index contributed by atoms with van der Waals surface area (Å²) in [5, 5.41) is 13.7. The number of rotatable bonds is 12. The van der Waals surface area contributed by atoms with E-state index in [0.717, 1.165) is 19.4 Å². The Balaban J connectivity index is 1.80. The molecule has 20 heavy (non-hydrogen) atoms. The molecule has 2 N–H and O–H groups in total. The molecule has 0 heterocycles. The molecule has 0 saturated heterocycles. The number of aliphatic hydroxyl groups is 1. The van der Waals surface area contributed by atoms with Gasteiger partial charge in [-0.3, -0.25) is 5.32 Å². The Morgan fingerprint density at radius 2 is 1.25 bits per heavy atom. The first kappa shape index (κ1) is 18.0. The van der Waals surface area contributed by atoms with E-state index in [-0.39, 0.29) is 0 Å². The fraction of sp³-hybridized carbons (Fsp3) is 1.00. The molecule has 1 fully saturated rings. The van der Waals surface area contributed by atoms with Crippen molar-refractivity contribution < 1.29 is 5.11 Å². The molecule has 0 aromatic heterocycles. The Kier molecular flexibility index (Phi) is 10.4. The van der Waals surface area contributed by atoms with Crippen LogP contribution < -0.4 is 5.32 Å². The van der Waals surface area contributed by atoms with Crippen molar-refractivity contribution in [2.24, 2.45) is 0 Å². The van der Waals surface area contributed by atoms with Gasteiger partial charge in [-0.25, -0.2) is 0 Å².